The van der Waals surface area contributed by atoms with Crippen LogP contribution in [0.4, 0.5) is 5.69 Å². The molecule has 1 aliphatic heterocycles. The molecule has 1 saturated heterocycles. The van der Waals surface area contributed by atoms with Crippen molar-refractivity contribution < 1.29 is 19.1 Å². The van der Waals surface area contributed by atoms with E-state index >= 15 is 0 Å². The van der Waals surface area contributed by atoms with Crippen LogP contribution in [-0.2, 0) is 14.3 Å². The lowest BCUT2D eigenvalue weighted by atomic mass is 10.1. The lowest BCUT2D eigenvalue weighted by Gasteiger charge is -2.20. The van der Waals surface area contributed by atoms with E-state index in [1.807, 2.05) is 6.92 Å². The minimum absolute atomic E-state index is 0.0344. The van der Waals surface area contributed by atoms with Crippen molar-refractivity contribution in [3.8, 4) is 0 Å². The van der Waals surface area contributed by atoms with Crippen LogP contribution in [0.15, 0.2) is 42.5 Å². The number of rotatable bonds is 5. The second kappa shape index (κ2) is 8.33. The van der Waals surface area contributed by atoms with E-state index in [0.29, 0.717) is 21.3 Å². The number of ether oxygens (including phenoxy) is 1. The fourth-order valence-corrected chi connectivity index (χ4v) is 3.46. The molecule has 0 unspecified atom stereocenters. The van der Waals surface area contributed by atoms with Crippen molar-refractivity contribution in [1.82, 2.24) is 0 Å². The number of carbonyl (C=O) groups is 3. The van der Waals surface area contributed by atoms with Gasteiger partial charge in [-0.15, -0.1) is 0 Å². The van der Waals surface area contributed by atoms with Crippen molar-refractivity contribution in [3.63, 3.8) is 0 Å². The molecule has 0 N–H and O–H groups in total. The average Bonchev–Trinajstić information content (AvgIpc) is 3.05. The highest BCUT2D eigenvalue weighted by Gasteiger charge is 2.38. The number of hydrogen-bond donors (Lipinski definition) is 0. The Morgan fingerprint density at radius 1 is 1.14 bits per heavy atom. The lowest BCUT2D eigenvalue weighted by molar-refractivity contribution is -0.151. The number of anilines is 1. The van der Waals surface area contributed by atoms with Crippen LogP contribution < -0.4 is 4.90 Å². The molecule has 0 aromatic heterocycles. The molecule has 2 aromatic rings. The highest BCUT2D eigenvalue weighted by Crippen LogP contribution is 2.32. The third kappa shape index (κ3) is 4.21. The number of hydrogen-bond acceptors (Lipinski definition) is 4. The summed E-state index contributed by atoms with van der Waals surface area (Å²) < 4.78 is 5.34. The summed E-state index contributed by atoms with van der Waals surface area (Å²) in [4.78, 5) is 38.9. The molecule has 1 aliphatic rings. The number of nitrogens with zero attached hydrogens (tertiary/aromatic N) is 1. The van der Waals surface area contributed by atoms with Gasteiger partial charge in [-0.1, -0.05) is 29.3 Å². The Kier molecular flexibility index (Phi) is 6.06. The molecule has 0 saturated carbocycles. The Balaban J connectivity index is 1.66. The van der Waals surface area contributed by atoms with Crippen LogP contribution in [0.3, 0.4) is 0 Å². The summed E-state index contributed by atoms with van der Waals surface area (Å²) in [5, 5.41) is 1.07. The van der Waals surface area contributed by atoms with Gasteiger partial charge in [0.05, 0.1) is 5.92 Å². The number of esters is 1. The third-order valence-corrected chi connectivity index (χ3v) is 5.44. The van der Waals surface area contributed by atoms with Crippen molar-refractivity contribution in [2.45, 2.75) is 26.4 Å². The summed E-state index contributed by atoms with van der Waals surface area (Å²) in [6, 6.07) is 11.7. The molecule has 28 heavy (non-hydrogen) atoms. The molecule has 0 spiro atoms. The number of halogens is 2. The van der Waals surface area contributed by atoms with E-state index < -0.39 is 18.0 Å². The largest absolute Gasteiger partial charge is 0.454 e. The quantitative estimate of drug-likeness (QED) is 0.529. The molecule has 2 atom stereocenters. The van der Waals surface area contributed by atoms with Crippen LogP contribution in [0, 0.1) is 12.8 Å². The summed E-state index contributed by atoms with van der Waals surface area (Å²) in [5.41, 5.74) is 1.86. The summed E-state index contributed by atoms with van der Waals surface area (Å²) in [6.07, 6.45) is -0.919. The first kappa shape index (κ1) is 20.4. The molecule has 0 radical (unpaired) electrons. The zero-order valence-corrected chi connectivity index (χ0v) is 17.0. The molecule has 5 nitrogen and oxygen atoms in total. The fourth-order valence-electron chi connectivity index (χ4n) is 3.16. The van der Waals surface area contributed by atoms with Crippen molar-refractivity contribution in [3.05, 3.63) is 63.6 Å². The number of amides is 1. The van der Waals surface area contributed by atoms with Crippen LogP contribution >= 0.6 is 23.2 Å². The Bertz CT molecular complexity index is 927. The van der Waals surface area contributed by atoms with Crippen molar-refractivity contribution in [1.29, 1.82) is 0 Å². The molecule has 7 heteroatoms. The predicted molar refractivity (Wildman–Crippen MR) is 108 cm³/mol. The van der Waals surface area contributed by atoms with Gasteiger partial charge < -0.3 is 9.64 Å². The molecular weight excluding hydrogens is 401 g/mol. The number of carbonyl (C=O) groups excluding carboxylic acids is 3. The van der Waals surface area contributed by atoms with E-state index in [2.05, 4.69) is 0 Å². The number of ketones is 1. The maximum atomic E-state index is 12.5. The van der Waals surface area contributed by atoms with Gasteiger partial charge in [-0.25, -0.2) is 0 Å². The molecule has 0 aliphatic carbocycles. The van der Waals surface area contributed by atoms with E-state index in [0.717, 1.165) is 5.56 Å². The first-order chi connectivity index (χ1) is 13.3. The van der Waals surface area contributed by atoms with Crippen LogP contribution in [0.1, 0.15) is 29.3 Å². The van der Waals surface area contributed by atoms with E-state index in [9.17, 15) is 14.4 Å². The topological polar surface area (TPSA) is 63.7 Å². The molecule has 3 rings (SSSR count). The first-order valence-corrected chi connectivity index (χ1v) is 9.59. The second-order valence-corrected chi connectivity index (χ2v) is 7.58. The fraction of sp³-hybridized carbons (Fsp3) is 0.286. The van der Waals surface area contributed by atoms with Gasteiger partial charge in [0.2, 0.25) is 11.7 Å². The van der Waals surface area contributed by atoms with Gasteiger partial charge in [0.25, 0.3) is 0 Å². The van der Waals surface area contributed by atoms with Crippen molar-refractivity contribution in [2.75, 3.05) is 11.4 Å². The van der Waals surface area contributed by atoms with Crippen LogP contribution in [-0.4, -0.2) is 30.3 Å². The van der Waals surface area contributed by atoms with Crippen LogP contribution in [0.2, 0.25) is 10.0 Å². The minimum atomic E-state index is -0.953. The standard InChI is InChI=1S/C21H19Cl2NO4/c1-12-17(23)4-3-5-18(12)24-11-15(10-19(24)25)21(27)28-13(2)20(26)14-6-8-16(22)9-7-14/h3-9,13,15H,10-11H2,1-2H3/t13-,15+/m1/s1. The van der Waals surface area contributed by atoms with E-state index in [-0.39, 0.29) is 24.7 Å². The predicted octanol–water partition coefficient (Wildman–Crippen LogP) is 4.47. The minimum Gasteiger partial charge on any atom is -0.454 e. The summed E-state index contributed by atoms with van der Waals surface area (Å²) in [7, 11) is 0. The molecule has 146 valence electrons. The summed E-state index contributed by atoms with van der Waals surface area (Å²) in [6.45, 7) is 3.54. The summed E-state index contributed by atoms with van der Waals surface area (Å²) >= 11 is 12.0. The molecule has 1 heterocycles. The van der Waals surface area contributed by atoms with Crippen LogP contribution in [0.25, 0.3) is 0 Å². The highest BCUT2D eigenvalue weighted by molar-refractivity contribution is 6.32. The van der Waals surface area contributed by atoms with E-state index in [1.54, 1.807) is 47.4 Å². The Hall–Kier alpha value is -2.37. The van der Waals surface area contributed by atoms with Gasteiger partial charge in [0.15, 0.2) is 6.10 Å². The molecule has 1 amide bonds. The Morgan fingerprint density at radius 2 is 1.82 bits per heavy atom. The number of benzene rings is 2. The van der Waals surface area contributed by atoms with E-state index in [4.69, 9.17) is 27.9 Å². The molecule has 2 aromatic carbocycles. The third-order valence-electron chi connectivity index (χ3n) is 4.78. The first-order valence-electron chi connectivity index (χ1n) is 8.83. The molecule has 0 bridgehead atoms. The molecule has 1 fully saturated rings. The molecular formula is C21H19Cl2NO4. The Morgan fingerprint density at radius 3 is 2.50 bits per heavy atom. The SMILES string of the molecule is Cc1c(Cl)cccc1N1C[C@@H](C(=O)O[C@H](C)C(=O)c2ccc(Cl)cc2)CC1=O. The van der Waals surface area contributed by atoms with Crippen LogP contribution in [0.5, 0.6) is 0 Å². The van der Waals surface area contributed by atoms with Gasteiger partial charge in [-0.05, 0) is 55.8 Å². The summed E-state index contributed by atoms with van der Waals surface area (Å²) in [5.74, 6) is -1.70. The smallest absolute Gasteiger partial charge is 0.312 e. The van der Waals surface area contributed by atoms with Crippen molar-refractivity contribution >= 4 is 46.5 Å². The normalized spacial score (nSPS) is 17.5. The average molecular weight is 420 g/mol. The lowest BCUT2D eigenvalue weighted by Crippen LogP contribution is -2.30. The van der Waals surface area contributed by atoms with Gasteiger partial charge >= 0.3 is 5.97 Å². The monoisotopic (exact) mass is 419 g/mol. The zero-order valence-electron chi connectivity index (χ0n) is 15.4. The second-order valence-electron chi connectivity index (χ2n) is 6.74. The van der Waals surface area contributed by atoms with Gasteiger partial charge in [0, 0.05) is 34.3 Å². The Labute approximate surface area is 173 Å². The number of Topliss-reactive ketones (excluding diaryl/α,β-unsaturated/α-hetero) is 1. The maximum Gasteiger partial charge on any atom is 0.312 e. The highest BCUT2D eigenvalue weighted by atomic mass is 35.5. The zero-order chi connectivity index (χ0) is 20.4. The van der Waals surface area contributed by atoms with Gasteiger partial charge in [-0.2, -0.15) is 0 Å². The maximum absolute atomic E-state index is 12.5. The van der Waals surface area contributed by atoms with Crippen molar-refractivity contribution in [2.24, 2.45) is 5.92 Å². The van der Waals surface area contributed by atoms with Gasteiger partial charge in [0.1, 0.15) is 0 Å². The van der Waals surface area contributed by atoms with Gasteiger partial charge in [-0.3, -0.25) is 14.4 Å². The van der Waals surface area contributed by atoms with E-state index in [1.165, 1.54) is 6.92 Å².